The van der Waals surface area contributed by atoms with Crippen molar-refractivity contribution in [3.05, 3.63) is 18.0 Å². The van der Waals surface area contributed by atoms with Gasteiger partial charge in [0.1, 0.15) is 0 Å². The summed E-state index contributed by atoms with van der Waals surface area (Å²) in [6.07, 6.45) is 8.22. The first kappa shape index (κ1) is 16.8. The Labute approximate surface area is 134 Å². The maximum Gasteiger partial charge on any atom is 0.0524 e. The molecule has 0 radical (unpaired) electrons. The zero-order valence-electron chi connectivity index (χ0n) is 13.3. The number of hydrogen-bond donors (Lipinski definition) is 1. The lowest BCUT2D eigenvalue weighted by Crippen LogP contribution is -2.41. The van der Waals surface area contributed by atoms with Crippen molar-refractivity contribution in [2.45, 2.75) is 45.6 Å². The van der Waals surface area contributed by atoms with E-state index in [1.807, 2.05) is 4.68 Å². The summed E-state index contributed by atoms with van der Waals surface area (Å²) in [6.45, 7) is 11.7. The van der Waals surface area contributed by atoms with Gasteiger partial charge < -0.3 is 10.2 Å². The zero-order valence-corrected chi connectivity index (χ0v) is 14.2. The standard InChI is InChI=1S/C16H28N4.ClH/c1-3-20-11-15(10-18-20)14-4-8-19(9-5-14)13-16(2)6-7-17-12-16;/h10-11,14,17H,3-9,12-13H2,1-2H3;1H. The van der Waals surface area contributed by atoms with Crippen molar-refractivity contribution in [3.8, 4) is 0 Å². The van der Waals surface area contributed by atoms with Gasteiger partial charge in [-0.25, -0.2) is 0 Å². The molecule has 1 atom stereocenters. The molecule has 5 heteroatoms. The molecule has 1 aromatic heterocycles. The van der Waals surface area contributed by atoms with Gasteiger partial charge in [0.15, 0.2) is 0 Å². The van der Waals surface area contributed by atoms with Crippen LogP contribution in [0.25, 0.3) is 0 Å². The Morgan fingerprint density at radius 2 is 2.14 bits per heavy atom. The number of halogens is 1. The van der Waals surface area contributed by atoms with Crippen LogP contribution in [-0.2, 0) is 6.54 Å². The minimum atomic E-state index is 0. The van der Waals surface area contributed by atoms with Crippen LogP contribution in [0.4, 0.5) is 0 Å². The van der Waals surface area contributed by atoms with E-state index in [4.69, 9.17) is 0 Å². The third-order valence-electron chi connectivity index (χ3n) is 5.10. The normalized spacial score (nSPS) is 27.7. The fraction of sp³-hybridized carbons (Fsp3) is 0.812. The number of nitrogens with one attached hydrogen (secondary N) is 1. The fourth-order valence-corrected chi connectivity index (χ4v) is 3.73. The number of hydrogen-bond acceptors (Lipinski definition) is 3. The smallest absolute Gasteiger partial charge is 0.0524 e. The second-order valence-electron chi connectivity index (χ2n) is 6.92. The van der Waals surface area contributed by atoms with Gasteiger partial charge in [0, 0.05) is 25.8 Å². The molecule has 2 saturated heterocycles. The molecule has 0 aliphatic carbocycles. The molecular formula is C16H29ClN4. The maximum atomic E-state index is 4.42. The minimum absolute atomic E-state index is 0. The van der Waals surface area contributed by atoms with Gasteiger partial charge in [-0.1, -0.05) is 6.92 Å². The monoisotopic (exact) mass is 312 g/mol. The Balaban J connectivity index is 0.00000161. The average molecular weight is 313 g/mol. The predicted octanol–water partition coefficient (Wildman–Crippen LogP) is 2.50. The summed E-state index contributed by atoms with van der Waals surface area (Å²) < 4.78 is 2.05. The molecular weight excluding hydrogens is 284 g/mol. The Hall–Kier alpha value is -0.580. The van der Waals surface area contributed by atoms with Gasteiger partial charge >= 0.3 is 0 Å². The van der Waals surface area contributed by atoms with Crippen LogP contribution in [0.15, 0.2) is 12.4 Å². The van der Waals surface area contributed by atoms with Crippen LogP contribution in [0.3, 0.4) is 0 Å². The summed E-state index contributed by atoms with van der Waals surface area (Å²) in [5, 5.41) is 7.93. The third-order valence-corrected chi connectivity index (χ3v) is 5.10. The van der Waals surface area contributed by atoms with Gasteiger partial charge in [0.25, 0.3) is 0 Å². The number of aryl methyl sites for hydroxylation is 1. The molecule has 3 rings (SSSR count). The van der Waals surface area contributed by atoms with Crippen LogP contribution in [0.1, 0.15) is 44.6 Å². The maximum absolute atomic E-state index is 4.42. The number of piperidine rings is 1. The van der Waals surface area contributed by atoms with Crippen LogP contribution in [0, 0.1) is 5.41 Å². The summed E-state index contributed by atoms with van der Waals surface area (Å²) >= 11 is 0. The molecule has 0 spiro atoms. The Bertz CT molecular complexity index is 431. The van der Waals surface area contributed by atoms with Crippen molar-refractivity contribution in [2.24, 2.45) is 5.41 Å². The molecule has 0 amide bonds. The van der Waals surface area contributed by atoms with Gasteiger partial charge in [-0.05, 0) is 62.7 Å². The van der Waals surface area contributed by atoms with Crippen molar-refractivity contribution >= 4 is 12.4 Å². The molecule has 1 unspecified atom stereocenters. The number of rotatable bonds is 4. The highest BCUT2D eigenvalue weighted by Crippen LogP contribution is 2.31. The highest BCUT2D eigenvalue weighted by Gasteiger charge is 2.32. The zero-order chi connectivity index (χ0) is 14.0. The van der Waals surface area contributed by atoms with E-state index >= 15 is 0 Å². The van der Waals surface area contributed by atoms with Crippen LogP contribution in [-0.4, -0.2) is 47.4 Å². The molecule has 3 heterocycles. The molecule has 2 aliphatic rings. The van der Waals surface area contributed by atoms with Crippen LogP contribution in [0.2, 0.25) is 0 Å². The summed E-state index contributed by atoms with van der Waals surface area (Å²) in [4.78, 5) is 2.67. The molecule has 4 nitrogen and oxygen atoms in total. The topological polar surface area (TPSA) is 33.1 Å². The van der Waals surface area contributed by atoms with Gasteiger partial charge in [-0.15, -0.1) is 12.4 Å². The second kappa shape index (κ2) is 7.12. The van der Waals surface area contributed by atoms with Gasteiger partial charge in [0.05, 0.1) is 6.20 Å². The predicted molar refractivity (Wildman–Crippen MR) is 89.2 cm³/mol. The van der Waals surface area contributed by atoms with Crippen molar-refractivity contribution in [1.29, 1.82) is 0 Å². The van der Waals surface area contributed by atoms with Crippen LogP contribution >= 0.6 is 12.4 Å². The van der Waals surface area contributed by atoms with E-state index < -0.39 is 0 Å². The molecule has 2 aliphatic heterocycles. The first-order valence-corrected chi connectivity index (χ1v) is 8.14. The first-order chi connectivity index (χ1) is 9.68. The molecule has 1 aromatic rings. The van der Waals surface area contributed by atoms with Crippen LogP contribution in [0.5, 0.6) is 0 Å². The lowest BCUT2D eigenvalue weighted by Gasteiger charge is -2.36. The minimum Gasteiger partial charge on any atom is -0.316 e. The number of likely N-dealkylation sites (tertiary alicyclic amines) is 1. The van der Waals surface area contributed by atoms with E-state index in [-0.39, 0.29) is 12.4 Å². The van der Waals surface area contributed by atoms with Crippen molar-refractivity contribution in [3.63, 3.8) is 0 Å². The van der Waals surface area contributed by atoms with E-state index in [1.165, 1.54) is 57.5 Å². The van der Waals surface area contributed by atoms with Gasteiger partial charge in [-0.3, -0.25) is 4.68 Å². The molecule has 120 valence electrons. The lowest BCUT2D eigenvalue weighted by molar-refractivity contribution is 0.144. The third kappa shape index (κ3) is 3.99. The van der Waals surface area contributed by atoms with E-state index in [9.17, 15) is 0 Å². The average Bonchev–Trinajstić information content (AvgIpc) is 3.09. The van der Waals surface area contributed by atoms with Crippen molar-refractivity contribution in [1.82, 2.24) is 20.0 Å². The number of nitrogens with zero attached hydrogens (tertiary/aromatic N) is 3. The van der Waals surface area contributed by atoms with Gasteiger partial charge in [0.2, 0.25) is 0 Å². The largest absolute Gasteiger partial charge is 0.316 e. The number of aromatic nitrogens is 2. The van der Waals surface area contributed by atoms with Crippen LogP contribution < -0.4 is 5.32 Å². The summed E-state index contributed by atoms with van der Waals surface area (Å²) in [6, 6.07) is 0. The lowest BCUT2D eigenvalue weighted by atomic mass is 9.86. The highest BCUT2D eigenvalue weighted by atomic mass is 35.5. The van der Waals surface area contributed by atoms with E-state index in [2.05, 4.69) is 41.6 Å². The highest BCUT2D eigenvalue weighted by molar-refractivity contribution is 5.85. The molecule has 1 N–H and O–H groups in total. The molecule has 21 heavy (non-hydrogen) atoms. The summed E-state index contributed by atoms with van der Waals surface area (Å²) in [5.74, 6) is 0.723. The Morgan fingerprint density at radius 3 is 2.71 bits per heavy atom. The van der Waals surface area contributed by atoms with E-state index in [1.54, 1.807) is 0 Å². The molecule has 2 fully saturated rings. The van der Waals surface area contributed by atoms with Crippen molar-refractivity contribution < 1.29 is 0 Å². The van der Waals surface area contributed by atoms with E-state index in [0.717, 1.165) is 12.5 Å². The van der Waals surface area contributed by atoms with Crippen molar-refractivity contribution in [2.75, 3.05) is 32.7 Å². The second-order valence-corrected chi connectivity index (χ2v) is 6.92. The Kier molecular flexibility index (Phi) is 5.69. The molecule has 0 saturated carbocycles. The SMILES string of the molecule is CCn1cc(C2CCN(CC3(C)CCNC3)CC2)cn1.Cl. The molecule has 0 bridgehead atoms. The van der Waals surface area contributed by atoms with Gasteiger partial charge in [-0.2, -0.15) is 5.10 Å². The quantitative estimate of drug-likeness (QED) is 0.927. The summed E-state index contributed by atoms with van der Waals surface area (Å²) in [5.41, 5.74) is 1.94. The Morgan fingerprint density at radius 1 is 1.38 bits per heavy atom. The fourth-order valence-electron chi connectivity index (χ4n) is 3.73. The molecule has 0 aromatic carbocycles. The first-order valence-electron chi connectivity index (χ1n) is 8.14. The summed E-state index contributed by atoms with van der Waals surface area (Å²) in [7, 11) is 0. The van der Waals surface area contributed by atoms with E-state index in [0.29, 0.717) is 5.41 Å².